The number of benzene rings is 2. The topological polar surface area (TPSA) is 74.3 Å². The van der Waals surface area contributed by atoms with E-state index in [0.717, 1.165) is 33.3 Å². The van der Waals surface area contributed by atoms with Crippen LogP contribution in [0.5, 0.6) is 5.75 Å². The quantitative estimate of drug-likeness (QED) is 0.601. The van der Waals surface area contributed by atoms with Gasteiger partial charge >= 0.3 is 0 Å². The predicted octanol–water partition coefficient (Wildman–Crippen LogP) is 2.98. The van der Waals surface area contributed by atoms with Gasteiger partial charge in [0.2, 0.25) is 0 Å². The van der Waals surface area contributed by atoms with Gasteiger partial charge < -0.3 is 20.1 Å². The fourth-order valence-electron chi connectivity index (χ4n) is 3.13. The number of aliphatic hydroxyl groups excluding tert-OH is 1. The number of aromatic amines is 1. The molecule has 0 saturated heterocycles. The molecule has 0 bridgehead atoms. The molecule has 142 valence electrons. The van der Waals surface area contributed by atoms with Crippen LogP contribution >= 0.6 is 0 Å². The van der Waals surface area contributed by atoms with Gasteiger partial charge in [0.1, 0.15) is 18.5 Å². The summed E-state index contributed by atoms with van der Waals surface area (Å²) in [5, 5.41) is 14.3. The van der Waals surface area contributed by atoms with Crippen molar-refractivity contribution in [3.05, 3.63) is 75.1 Å². The Labute approximate surface area is 159 Å². The van der Waals surface area contributed by atoms with Crippen molar-refractivity contribution in [1.29, 1.82) is 0 Å². The number of fused-ring (bicyclic) bond motifs is 1. The number of aryl methyl sites for hydroxylation is 3. The van der Waals surface area contributed by atoms with Crippen LogP contribution in [0.2, 0.25) is 0 Å². The van der Waals surface area contributed by atoms with E-state index < -0.39 is 6.10 Å². The van der Waals surface area contributed by atoms with Gasteiger partial charge in [0, 0.05) is 24.2 Å². The minimum atomic E-state index is -0.661. The van der Waals surface area contributed by atoms with Crippen LogP contribution in [0.1, 0.15) is 22.3 Å². The number of hydrogen-bond acceptors (Lipinski definition) is 4. The minimum absolute atomic E-state index is 0.109. The van der Waals surface area contributed by atoms with Crippen molar-refractivity contribution in [2.45, 2.75) is 33.4 Å². The van der Waals surface area contributed by atoms with Crippen molar-refractivity contribution in [3.63, 3.8) is 0 Å². The number of hydrogen-bond donors (Lipinski definition) is 3. The normalized spacial score (nSPS) is 12.3. The lowest BCUT2D eigenvalue weighted by atomic mass is 10.1. The number of rotatable bonds is 7. The molecule has 0 unspecified atom stereocenters. The van der Waals surface area contributed by atoms with Crippen molar-refractivity contribution in [3.8, 4) is 5.75 Å². The van der Waals surface area contributed by atoms with Crippen molar-refractivity contribution < 1.29 is 9.84 Å². The molecule has 3 aromatic rings. The van der Waals surface area contributed by atoms with Gasteiger partial charge in [-0.1, -0.05) is 30.3 Å². The van der Waals surface area contributed by atoms with E-state index in [1.165, 1.54) is 0 Å². The average Bonchev–Trinajstić information content (AvgIpc) is 2.62. The zero-order valence-electron chi connectivity index (χ0n) is 16.0. The lowest BCUT2D eigenvalue weighted by molar-refractivity contribution is 0.105. The summed E-state index contributed by atoms with van der Waals surface area (Å²) in [6, 6.07) is 13.8. The third-order valence-corrected chi connectivity index (χ3v) is 4.60. The number of H-pyrrole nitrogens is 1. The molecule has 1 heterocycles. The predicted molar refractivity (Wildman–Crippen MR) is 108 cm³/mol. The second-order valence-corrected chi connectivity index (χ2v) is 7.03. The van der Waals surface area contributed by atoms with E-state index in [1.807, 2.05) is 63.2 Å². The van der Waals surface area contributed by atoms with Crippen LogP contribution < -0.4 is 15.6 Å². The zero-order chi connectivity index (χ0) is 19.4. The van der Waals surface area contributed by atoms with Gasteiger partial charge in [-0.05, 0) is 55.0 Å². The van der Waals surface area contributed by atoms with E-state index in [4.69, 9.17) is 4.74 Å². The average molecular weight is 366 g/mol. The molecule has 1 atom stereocenters. The maximum atomic E-state index is 12.2. The molecule has 0 aliphatic rings. The summed E-state index contributed by atoms with van der Waals surface area (Å²) in [5.74, 6) is 0.817. The standard InChI is InChI=1S/C22H26N2O3/c1-14-7-8-17-10-18(22(26)24-20(17)9-14)11-23-12-19(25)13-27-21-15(2)5-4-6-16(21)3/h4-10,19,23,25H,11-13H2,1-3H3,(H,24,26)/t19-/m1/s1. The van der Waals surface area contributed by atoms with E-state index >= 15 is 0 Å². The van der Waals surface area contributed by atoms with Crippen molar-refractivity contribution >= 4 is 10.9 Å². The first-order valence-corrected chi connectivity index (χ1v) is 9.14. The summed E-state index contributed by atoms with van der Waals surface area (Å²) in [6.07, 6.45) is -0.661. The molecule has 3 N–H and O–H groups in total. The van der Waals surface area contributed by atoms with Gasteiger partial charge in [-0.15, -0.1) is 0 Å². The second-order valence-electron chi connectivity index (χ2n) is 7.03. The molecule has 0 spiro atoms. The molecule has 0 aliphatic carbocycles. The van der Waals surface area contributed by atoms with Crippen molar-refractivity contribution in [2.75, 3.05) is 13.2 Å². The lowest BCUT2D eigenvalue weighted by Gasteiger charge is -2.16. The molecule has 27 heavy (non-hydrogen) atoms. The Morgan fingerprint density at radius 2 is 1.85 bits per heavy atom. The van der Waals surface area contributed by atoms with Crippen LogP contribution in [0.15, 0.2) is 47.3 Å². The molecule has 3 rings (SSSR count). The second kappa shape index (κ2) is 8.37. The number of aromatic nitrogens is 1. The molecule has 5 nitrogen and oxygen atoms in total. The number of ether oxygens (including phenoxy) is 1. The third kappa shape index (κ3) is 4.76. The Morgan fingerprint density at radius 3 is 2.59 bits per heavy atom. The molecular formula is C22H26N2O3. The number of para-hydroxylation sites is 1. The van der Waals surface area contributed by atoms with Gasteiger partial charge in [0.25, 0.3) is 5.56 Å². The van der Waals surface area contributed by atoms with Crippen LogP contribution in [-0.2, 0) is 6.54 Å². The smallest absolute Gasteiger partial charge is 0.252 e. The van der Waals surface area contributed by atoms with Gasteiger partial charge in [0.05, 0.1) is 0 Å². The van der Waals surface area contributed by atoms with Gasteiger partial charge in [-0.25, -0.2) is 0 Å². The monoisotopic (exact) mass is 366 g/mol. The van der Waals surface area contributed by atoms with Gasteiger partial charge in [0.15, 0.2) is 0 Å². The maximum absolute atomic E-state index is 12.2. The Balaban J connectivity index is 1.55. The third-order valence-electron chi connectivity index (χ3n) is 4.60. The van der Waals surface area contributed by atoms with E-state index in [-0.39, 0.29) is 12.2 Å². The molecule has 0 radical (unpaired) electrons. The summed E-state index contributed by atoms with van der Waals surface area (Å²) in [6.45, 7) is 6.90. The first-order chi connectivity index (χ1) is 12.9. The highest BCUT2D eigenvalue weighted by Gasteiger charge is 2.09. The Kier molecular flexibility index (Phi) is 5.94. The maximum Gasteiger partial charge on any atom is 0.252 e. The SMILES string of the molecule is Cc1ccc2cc(CNC[C@@H](O)COc3c(C)cccc3C)c(=O)[nH]c2c1. The molecule has 5 heteroatoms. The fourth-order valence-corrected chi connectivity index (χ4v) is 3.13. The molecule has 1 aromatic heterocycles. The highest BCUT2D eigenvalue weighted by Crippen LogP contribution is 2.22. The van der Waals surface area contributed by atoms with Gasteiger partial charge in [-0.2, -0.15) is 0 Å². The van der Waals surface area contributed by atoms with Gasteiger partial charge in [-0.3, -0.25) is 4.79 Å². The highest BCUT2D eigenvalue weighted by molar-refractivity contribution is 5.79. The zero-order valence-corrected chi connectivity index (χ0v) is 16.0. The van der Waals surface area contributed by atoms with E-state index in [0.29, 0.717) is 18.7 Å². The summed E-state index contributed by atoms with van der Waals surface area (Å²) in [7, 11) is 0. The first kappa shape index (κ1) is 19.1. The minimum Gasteiger partial charge on any atom is -0.490 e. The largest absolute Gasteiger partial charge is 0.490 e. The van der Waals surface area contributed by atoms with Crippen LogP contribution in [-0.4, -0.2) is 29.3 Å². The van der Waals surface area contributed by atoms with E-state index in [1.54, 1.807) is 0 Å². The first-order valence-electron chi connectivity index (χ1n) is 9.14. The molecule has 0 amide bonds. The number of pyridine rings is 1. The van der Waals surface area contributed by atoms with Crippen molar-refractivity contribution in [1.82, 2.24) is 10.3 Å². The molecule has 2 aromatic carbocycles. The Morgan fingerprint density at radius 1 is 1.11 bits per heavy atom. The molecular weight excluding hydrogens is 340 g/mol. The molecule has 0 saturated carbocycles. The summed E-state index contributed by atoms with van der Waals surface area (Å²) >= 11 is 0. The Hall–Kier alpha value is -2.63. The summed E-state index contributed by atoms with van der Waals surface area (Å²) in [4.78, 5) is 15.1. The molecule has 0 aliphatic heterocycles. The van der Waals surface area contributed by atoms with Crippen LogP contribution in [0, 0.1) is 20.8 Å². The fraction of sp³-hybridized carbons (Fsp3) is 0.318. The van der Waals surface area contributed by atoms with Crippen molar-refractivity contribution in [2.24, 2.45) is 0 Å². The van der Waals surface area contributed by atoms with Crippen LogP contribution in [0.25, 0.3) is 10.9 Å². The molecule has 0 fully saturated rings. The van der Waals surface area contributed by atoms with E-state index in [2.05, 4.69) is 10.3 Å². The lowest BCUT2D eigenvalue weighted by Crippen LogP contribution is -2.32. The Bertz CT molecular complexity index is 974. The van der Waals surface area contributed by atoms with E-state index in [9.17, 15) is 9.90 Å². The summed E-state index contributed by atoms with van der Waals surface area (Å²) in [5.41, 5.74) is 4.58. The number of aliphatic hydroxyl groups is 1. The highest BCUT2D eigenvalue weighted by atomic mass is 16.5. The van der Waals surface area contributed by atoms with Crippen LogP contribution in [0.3, 0.4) is 0 Å². The summed E-state index contributed by atoms with van der Waals surface area (Å²) < 4.78 is 5.77. The van der Waals surface area contributed by atoms with Crippen LogP contribution in [0.4, 0.5) is 0 Å². The number of nitrogens with one attached hydrogen (secondary N) is 2.